The second-order valence-corrected chi connectivity index (χ2v) is 4.18. The van der Waals surface area contributed by atoms with Crippen LogP contribution in [0.5, 0.6) is 0 Å². The second-order valence-electron chi connectivity index (χ2n) is 4.18. The Bertz CT molecular complexity index is 701. The van der Waals surface area contributed by atoms with Gasteiger partial charge >= 0.3 is 0 Å². The highest BCUT2D eigenvalue weighted by Gasteiger charge is 2.08. The average Bonchev–Trinajstić information content (AvgIpc) is 2.37. The Hall–Kier alpha value is -2.96. The van der Waals surface area contributed by atoms with Crippen LogP contribution in [0.2, 0.25) is 0 Å². The van der Waals surface area contributed by atoms with Crippen LogP contribution in [0.15, 0.2) is 52.4 Å². The van der Waals surface area contributed by atoms with E-state index >= 15 is 0 Å². The number of rotatable bonds is 2. The van der Waals surface area contributed by atoms with E-state index in [1.165, 1.54) is 12.1 Å². The molecule has 0 aliphatic carbocycles. The fourth-order valence-electron chi connectivity index (χ4n) is 1.81. The first-order valence-electron chi connectivity index (χ1n) is 5.95. The third kappa shape index (κ3) is 3.75. The predicted molar refractivity (Wildman–Crippen MR) is 78.9 cm³/mol. The summed E-state index contributed by atoms with van der Waals surface area (Å²) in [6.45, 7) is 0. The molecular weight excluding hydrogens is 276 g/mol. The lowest BCUT2D eigenvalue weighted by Gasteiger charge is -2.06. The Morgan fingerprint density at radius 2 is 1.52 bits per heavy atom. The van der Waals surface area contributed by atoms with Crippen LogP contribution in [0.1, 0.15) is 0 Å². The summed E-state index contributed by atoms with van der Waals surface area (Å²) < 4.78 is 26.6. The number of aliphatic imine (C=N–C) groups is 2. The summed E-state index contributed by atoms with van der Waals surface area (Å²) in [5.41, 5.74) is 17.2. The van der Waals surface area contributed by atoms with Gasteiger partial charge < -0.3 is 17.2 Å². The Kier molecular flexibility index (Phi) is 4.13. The first-order valence-corrected chi connectivity index (χ1v) is 5.95. The number of nitrogens with zero attached hydrogens (tertiary/aromatic N) is 2. The van der Waals surface area contributed by atoms with Gasteiger partial charge in [0, 0.05) is 11.6 Å². The Labute approximate surface area is 119 Å². The van der Waals surface area contributed by atoms with E-state index in [0.717, 1.165) is 6.07 Å². The molecule has 0 bridgehead atoms. The van der Waals surface area contributed by atoms with Crippen LogP contribution < -0.4 is 17.2 Å². The van der Waals surface area contributed by atoms with Crippen molar-refractivity contribution in [3.05, 3.63) is 54.1 Å². The first kappa shape index (κ1) is 14.4. The molecular formula is C14H13F2N5. The lowest BCUT2D eigenvalue weighted by Crippen LogP contribution is -2.26. The molecule has 6 N–H and O–H groups in total. The molecule has 0 spiro atoms. The van der Waals surface area contributed by atoms with Crippen LogP contribution in [0.3, 0.4) is 0 Å². The fourth-order valence-corrected chi connectivity index (χ4v) is 1.81. The lowest BCUT2D eigenvalue weighted by molar-refractivity contribution is 0.584. The third-order valence-corrected chi connectivity index (χ3v) is 2.56. The minimum Gasteiger partial charge on any atom is -0.370 e. The van der Waals surface area contributed by atoms with E-state index in [1.54, 1.807) is 24.3 Å². The molecule has 0 aliphatic heterocycles. The van der Waals surface area contributed by atoms with Gasteiger partial charge in [0.25, 0.3) is 0 Å². The number of para-hydroxylation sites is 1. The average molecular weight is 289 g/mol. The highest BCUT2D eigenvalue weighted by atomic mass is 19.1. The van der Waals surface area contributed by atoms with Crippen LogP contribution in [0.25, 0.3) is 11.1 Å². The van der Waals surface area contributed by atoms with Crippen molar-refractivity contribution >= 4 is 17.6 Å². The maximum Gasteiger partial charge on any atom is 0.223 e. The van der Waals surface area contributed by atoms with E-state index in [0.29, 0.717) is 16.8 Å². The zero-order chi connectivity index (χ0) is 15.4. The molecule has 0 fully saturated rings. The van der Waals surface area contributed by atoms with Crippen LogP contribution >= 0.6 is 0 Å². The van der Waals surface area contributed by atoms with E-state index in [4.69, 9.17) is 17.2 Å². The summed E-state index contributed by atoms with van der Waals surface area (Å²) in [6, 6.07) is 9.92. The van der Waals surface area contributed by atoms with E-state index in [1.807, 2.05) is 0 Å². The maximum absolute atomic E-state index is 13.3. The maximum atomic E-state index is 13.3. The van der Waals surface area contributed by atoms with Gasteiger partial charge in [0.1, 0.15) is 11.6 Å². The molecule has 0 radical (unpaired) electrons. The summed E-state index contributed by atoms with van der Waals surface area (Å²) >= 11 is 0. The van der Waals surface area contributed by atoms with Gasteiger partial charge in [0.05, 0.1) is 5.69 Å². The van der Waals surface area contributed by atoms with E-state index in [2.05, 4.69) is 9.98 Å². The molecule has 0 aromatic heterocycles. The van der Waals surface area contributed by atoms with Crippen molar-refractivity contribution in [2.24, 2.45) is 27.2 Å². The van der Waals surface area contributed by atoms with Gasteiger partial charge in [-0.05, 0) is 23.8 Å². The lowest BCUT2D eigenvalue weighted by atomic mass is 10.0. The molecule has 0 unspecified atom stereocenters. The summed E-state index contributed by atoms with van der Waals surface area (Å²) in [6.07, 6.45) is 0. The number of guanidine groups is 2. The van der Waals surface area contributed by atoms with Crippen molar-refractivity contribution in [1.82, 2.24) is 0 Å². The number of halogens is 2. The molecule has 5 nitrogen and oxygen atoms in total. The fraction of sp³-hybridized carbons (Fsp3) is 0. The molecule has 0 atom stereocenters. The van der Waals surface area contributed by atoms with Gasteiger partial charge in [0.15, 0.2) is 5.96 Å². The minimum absolute atomic E-state index is 0.153. The number of nitrogens with two attached hydrogens (primary N) is 3. The van der Waals surface area contributed by atoms with Crippen molar-refractivity contribution < 1.29 is 8.78 Å². The summed E-state index contributed by atoms with van der Waals surface area (Å²) in [5, 5.41) is 0. The molecule has 0 saturated heterocycles. The molecule has 0 saturated carbocycles. The molecule has 108 valence electrons. The van der Waals surface area contributed by atoms with Gasteiger partial charge in [-0.2, -0.15) is 4.99 Å². The second kappa shape index (κ2) is 6.00. The molecule has 0 amide bonds. The summed E-state index contributed by atoms with van der Waals surface area (Å²) in [5.74, 6) is -1.74. The van der Waals surface area contributed by atoms with Gasteiger partial charge in [0.2, 0.25) is 5.96 Å². The topological polar surface area (TPSA) is 103 Å². The van der Waals surface area contributed by atoms with Gasteiger partial charge in [-0.3, -0.25) is 0 Å². The Balaban J connectivity index is 2.53. The van der Waals surface area contributed by atoms with Crippen molar-refractivity contribution in [3.8, 4) is 11.1 Å². The van der Waals surface area contributed by atoms with Crippen LogP contribution in [0.4, 0.5) is 14.5 Å². The molecule has 0 aliphatic rings. The van der Waals surface area contributed by atoms with E-state index < -0.39 is 11.6 Å². The molecule has 7 heteroatoms. The quantitative estimate of drug-likeness (QED) is 0.580. The highest BCUT2D eigenvalue weighted by Crippen LogP contribution is 2.31. The molecule has 2 aromatic rings. The largest absolute Gasteiger partial charge is 0.370 e. The predicted octanol–water partition coefficient (Wildman–Crippen LogP) is 1.85. The smallest absolute Gasteiger partial charge is 0.223 e. The SMILES string of the molecule is NC(N)=NC(N)=Nc1ccccc1-c1cc(F)cc(F)c1. The van der Waals surface area contributed by atoms with E-state index in [-0.39, 0.29) is 11.9 Å². The number of hydrogen-bond donors (Lipinski definition) is 3. The Morgan fingerprint density at radius 1 is 0.905 bits per heavy atom. The molecule has 2 rings (SSSR count). The molecule has 2 aromatic carbocycles. The standard InChI is InChI=1S/C14H13F2N5/c15-9-5-8(6-10(16)7-9)11-3-1-2-4-12(11)20-14(19)21-13(17)18/h1-7H,(H6,17,18,19,20,21). The Morgan fingerprint density at radius 3 is 2.14 bits per heavy atom. The summed E-state index contributed by atoms with van der Waals surface area (Å²) in [7, 11) is 0. The zero-order valence-corrected chi connectivity index (χ0v) is 10.9. The molecule has 0 heterocycles. The van der Waals surface area contributed by atoms with Crippen LogP contribution in [-0.4, -0.2) is 11.9 Å². The first-order chi connectivity index (χ1) is 9.95. The van der Waals surface area contributed by atoms with Gasteiger partial charge in [-0.15, -0.1) is 0 Å². The van der Waals surface area contributed by atoms with Crippen LogP contribution in [-0.2, 0) is 0 Å². The number of benzene rings is 2. The third-order valence-electron chi connectivity index (χ3n) is 2.56. The van der Waals surface area contributed by atoms with Gasteiger partial charge in [-0.25, -0.2) is 13.8 Å². The van der Waals surface area contributed by atoms with Crippen molar-refractivity contribution in [2.45, 2.75) is 0 Å². The minimum atomic E-state index is -0.680. The zero-order valence-electron chi connectivity index (χ0n) is 10.9. The normalized spacial score (nSPS) is 11.2. The van der Waals surface area contributed by atoms with Crippen molar-refractivity contribution in [1.29, 1.82) is 0 Å². The van der Waals surface area contributed by atoms with E-state index in [9.17, 15) is 8.78 Å². The number of hydrogen-bond acceptors (Lipinski definition) is 1. The van der Waals surface area contributed by atoms with Crippen LogP contribution in [0, 0.1) is 11.6 Å². The van der Waals surface area contributed by atoms with Crippen molar-refractivity contribution in [3.63, 3.8) is 0 Å². The summed E-state index contributed by atoms with van der Waals surface area (Å²) in [4.78, 5) is 7.63. The highest BCUT2D eigenvalue weighted by molar-refractivity contribution is 5.94. The van der Waals surface area contributed by atoms with Gasteiger partial charge in [-0.1, -0.05) is 18.2 Å². The molecule has 21 heavy (non-hydrogen) atoms. The van der Waals surface area contributed by atoms with Crippen molar-refractivity contribution in [2.75, 3.05) is 0 Å². The monoisotopic (exact) mass is 289 g/mol.